The number of hydrogen-bond donors (Lipinski definition) is 1. The molecule has 20 heavy (non-hydrogen) atoms. The number of halogens is 1. The quantitative estimate of drug-likeness (QED) is 0.674. The number of carbonyl (C=O) groups excluding carboxylic acids is 1. The van der Waals surface area contributed by atoms with E-state index < -0.39 is 0 Å². The summed E-state index contributed by atoms with van der Waals surface area (Å²) < 4.78 is 0.938. The minimum atomic E-state index is -0.224. The maximum atomic E-state index is 11.8. The molecule has 0 saturated carbocycles. The summed E-state index contributed by atoms with van der Waals surface area (Å²) in [6.45, 7) is 4.06. The first-order valence-electron chi connectivity index (χ1n) is 6.22. The summed E-state index contributed by atoms with van der Waals surface area (Å²) in [5, 5.41) is 3.99. The van der Waals surface area contributed by atoms with Gasteiger partial charge in [0.25, 0.3) is 5.91 Å². The Labute approximate surface area is 126 Å². The first-order valence-corrected chi connectivity index (χ1v) is 7.02. The average molecular weight is 331 g/mol. The van der Waals surface area contributed by atoms with Crippen molar-refractivity contribution in [1.82, 2.24) is 5.43 Å². The first kappa shape index (κ1) is 14.5. The van der Waals surface area contributed by atoms with Gasteiger partial charge in [-0.25, -0.2) is 5.43 Å². The van der Waals surface area contributed by atoms with E-state index in [1.165, 1.54) is 5.56 Å². The van der Waals surface area contributed by atoms with Crippen LogP contribution in [0.15, 0.2) is 52.0 Å². The van der Waals surface area contributed by atoms with Gasteiger partial charge in [0.1, 0.15) is 0 Å². The molecule has 0 unspecified atom stereocenters. The minimum Gasteiger partial charge on any atom is -0.267 e. The number of nitrogens with zero attached hydrogens (tertiary/aromatic N) is 1. The summed E-state index contributed by atoms with van der Waals surface area (Å²) in [5.41, 5.74) is 6.43. The van der Waals surface area contributed by atoms with Gasteiger partial charge in [-0.2, -0.15) is 5.10 Å². The summed E-state index contributed by atoms with van der Waals surface area (Å²) in [4.78, 5) is 11.8. The van der Waals surface area contributed by atoms with Gasteiger partial charge in [0.2, 0.25) is 0 Å². The third kappa shape index (κ3) is 3.78. The standard InChI is InChI=1S/C16H15BrN2O/c1-11-3-4-14(12(2)9-11)10-18-19-16(20)13-5-7-15(17)8-6-13/h3-10H,1-2H3,(H,19,20)/b18-10+. The molecule has 0 aliphatic rings. The van der Waals surface area contributed by atoms with E-state index in [0.29, 0.717) is 5.56 Å². The van der Waals surface area contributed by atoms with Crippen molar-refractivity contribution in [3.05, 3.63) is 69.2 Å². The smallest absolute Gasteiger partial charge is 0.267 e. The van der Waals surface area contributed by atoms with Crippen molar-refractivity contribution in [2.45, 2.75) is 13.8 Å². The lowest BCUT2D eigenvalue weighted by atomic mass is 10.1. The highest BCUT2D eigenvalue weighted by molar-refractivity contribution is 9.10. The van der Waals surface area contributed by atoms with E-state index >= 15 is 0 Å². The highest BCUT2D eigenvalue weighted by atomic mass is 79.9. The number of rotatable bonds is 3. The molecule has 0 aliphatic heterocycles. The molecule has 2 aromatic rings. The van der Waals surface area contributed by atoms with Gasteiger partial charge < -0.3 is 0 Å². The van der Waals surface area contributed by atoms with Gasteiger partial charge in [-0.3, -0.25) is 4.79 Å². The number of hydrogen-bond acceptors (Lipinski definition) is 2. The molecule has 0 saturated heterocycles. The Balaban J connectivity index is 2.02. The van der Waals surface area contributed by atoms with Gasteiger partial charge in [0.15, 0.2) is 0 Å². The Bertz CT molecular complexity index is 648. The molecule has 2 rings (SSSR count). The molecule has 0 fully saturated rings. The van der Waals surface area contributed by atoms with Crippen LogP contribution in [-0.4, -0.2) is 12.1 Å². The predicted molar refractivity (Wildman–Crippen MR) is 85.1 cm³/mol. The number of nitrogens with one attached hydrogen (secondary N) is 1. The molecule has 0 aromatic heterocycles. The molecule has 2 aromatic carbocycles. The maximum absolute atomic E-state index is 11.8. The van der Waals surface area contributed by atoms with E-state index in [2.05, 4.69) is 32.5 Å². The molecule has 0 heterocycles. The number of benzene rings is 2. The van der Waals surface area contributed by atoms with Crippen LogP contribution in [0.4, 0.5) is 0 Å². The fraction of sp³-hybridized carbons (Fsp3) is 0.125. The number of aryl methyl sites for hydroxylation is 2. The van der Waals surface area contributed by atoms with Gasteiger partial charge >= 0.3 is 0 Å². The fourth-order valence-corrected chi connectivity index (χ4v) is 2.06. The predicted octanol–water partition coefficient (Wildman–Crippen LogP) is 3.83. The van der Waals surface area contributed by atoms with Crippen molar-refractivity contribution in [1.29, 1.82) is 0 Å². The Morgan fingerprint density at radius 3 is 2.50 bits per heavy atom. The van der Waals surface area contributed by atoms with Crippen LogP contribution in [0.5, 0.6) is 0 Å². The van der Waals surface area contributed by atoms with Crippen LogP contribution >= 0.6 is 15.9 Å². The summed E-state index contributed by atoms with van der Waals surface area (Å²) in [6.07, 6.45) is 1.66. The Morgan fingerprint density at radius 1 is 1.15 bits per heavy atom. The molecule has 0 atom stereocenters. The third-order valence-corrected chi connectivity index (χ3v) is 3.43. The van der Waals surface area contributed by atoms with Crippen LogP contribution in [0.2, 0.25) is 0 Å². The number of carbonyl (C=O) groups is 1. The van der Waals surface area contributed by atoms with E-state index in [9.17, 15) is 4.79 Å². The van der Waals surface area contributed by atoms with Crippen molar-refractivity contribution in [3.8, 4) is 0 Å². The van der Waals surface area contributed by atoms with E-state index in [1.54, 1.807) is 18.3 Å². The second-order valence-corrected chi connectivity index (χ2v) is 5.48. The molecule has 3 nitrogen and oxygen atoms in total. The normalized spacial score (nSPS) is 10.8. The lowest BCUT2D eigenvalue weighted by Crippen LogP contribution is -2.17. The second-order valence-electron chi connectivity index (χ2n) is 4.57. The van der Waals surface area contributed by atoms with Crippen LogP contribution < -0.4 is 5.43 Å². The summed E-state index contributed by atoms with van der Waals surface area (Å²) in [7, 11) is 0. The van der Waals surface area contributed by atoms with Crippen molar-refractivity contribution in [3.63, 3.8) is 0 Å². The molecule has 4 heteroatoms. The van der Waals surface area contributed by atoms with Gasteiger partial charge in [0.05, 0.1) is 6.21 Å². The van der Waals surface area contributed by atoms with E-state index in [1.807, 2.05) is 38.1 Å². The topological polar surface area (TPSA) is 41.5 Å². The average Bonchev–Trinajstić information content (AvgIpc) is 2.42. The molecule has 1 amide bonds. The van der Waals surface area contributed by atoms with Crippen LogP contribution in [0.3, 0.4) is 0 Å². The minimum absolute atomic E-state index is 0.224. The van der Waals surface area contributed by atoms with Crippen LogP contribution in [0.25, 0.3) is 0 Å². The molecule has 0 aliphatic carbocycles. The van der Waals surface area contributed by atoms with Gasteiger partial charge in [-0.15, -0.1) is 0 Å². The fourth-order valence-electron chi connectivity index (χ4n) is 1.80. The number of amides is 1. The highest BCUT2D eigenvalue weighted by Gasteiger charge is 2.03. The lowest BCUT2D eigenvalue weighted by molar-refractivity contribution is 0.0955. The largest absolute Gasteiger partial charge is 0.271 e. The van der Waals surface area contributed by atoms with E-state index in [-0.39, 0.29) is 5.91 Å². The van der Waals surface area contributed by atoms with Crippen molar-refractivity contribution < 1.29 is 4.79 Å². The van der Waals surface area contributed by atoms with E-state index in [4.69, 9.17) is 0 Å². The zero-order valence-corrected chi connectivity index (χ0v) is 12.9. The summed E-state index contributed by atoms with van der Waals surface area (Å²) in [6, 6.07) is 13.2. The monoisotopic (exact) mass is 330 g/mol. The highest BCUT2D eigenvalue weighted by Crippen LogP contribution is 2.10. The number of hydrazone groups is 1. The molecule has 1 N–H and O–H groups in total. The van der Waals surface area contributed by atoms with Crippen LogP contribution in [-0.2, 0) is 0 Å². The van der Waals surface area contributed by atoms with E-state index in [0.717, 1.165) is 15.6 Å². The van der Waals surface area contributed by atoms with Crippen LogP contribution in [0.1, 0.15) is 27.0 Å². The van der Waals surface area contributed by atoms with Gasteiger partial charge in [-0.05, 0) is 49.2 Å². The van der Waals surface area contributed by atoms with Crippen molar-refractivity contribution in [2.75, 3.05) is 0 Å². The Morgan fingerprint density at radius 2 is 1.85 bits per heavy atom. The summed E-state index contributed by atoms with van der Waals surface area (Å²) in [5.74, 6) is -0.224. The zero-order chi connectivity index (χ0) is 14.5. The third-order valence-electron chi connectivity index (χ3n) is 2.90. The van der Waals surface area contributed by atoms with Gasteiger partial charge in [0, 0.05) is 10.0 Å². The molecule has 0 radical (unpaired) electrons. The van der Waals surface area contributed by atoms with Crippen molar-refractivity contribution >= 4 is 28.1 Å². The Hall–Kier alpha value is -1.94. The molecular weight excluding hydrogens is 316 g/mol. The second kappa shape index (κ2) is 6.48. The molecule has 0 bridgehead atoms. The van der Waals surface area contributed by atoms with Crippen molar-refractivity contribution in [2.24, 2.45) is 5.10 Å². The lowest BCUT2D eigenvalue weighted by Gasteiger charge is -2.02. The van der Waals surface area contributed by atoms with Crippen LogP contribution in [0, 0.1) is 13.8 Å². The Kier molecular flexibility index (Phi) is 4.69. The van der Waals surface area contributed by atoms with Gasteiger partial charge in [-0.1, -0.05) is 39.7 Å². The first-order chi connectivity index (χ1) is 9.56. The molecule has 102 valence electrons. The zero-order valence-electron chi connectivity index (χ0n) is 11.4. The SMILES string of the molecule is Cc1ccc(/C=N/NC(=O)c2ccc(Br)cc2)c(C)c1. The molecule has 0 spiro atoms. The molecular formula is C16H15BrN2O. The summed E-state index contributed by atoms with van der Waals surface area (Å²) >= 11 is 3.33. The maximum Gasteiger partial charge on any atom is 0.271 e.